The quantitative estimate of drug-likeness (QED) is 0.698. The molecule has 2 aliphatic rings. The summed E-state index contributed by atoms with van der Waals surface area (Å²) in [6.45, 7) is 7.34. The molecule has 2 aromatic carbocycles. The zero-order valence-electron chi connectivity index (χ0n) is 18.4. The van der Waals surface area contributed by atoms with Crippen LogP contribution >= 0.6 is 11.6 Å². The average Bonchev–Trinajstić information content (AvgIpc) is 2.76. The van der Waals surface area contributed by atoms with Crippen LogP contribution in [0, 0.1) is 6.92 Å². The minimum atomic E-state index is -0.606. The Labute approximate surface area is 186 Å². The summed E-state index contributed by atoms with van der Waals surface area (Å²) < 4.78 is 0. The molecule has 1 saturated carbocycles. The van der Waals surface area contributed by atoms with Crippen LogP contribution in [0.25, 0.3) is 11.1 Å². The summed E-state index contributed by atoms with van der Waals surface area (Å²) in [6, 6.07) is 15.1. The third-order valence-electron chi connectivity index (χ3n) is 7.20. The molecule has 1 unspecified atom stereocenters. The van der Waals surface area contributed by atoms with E-state index in [2.05, 4.69) is 59.3 Å². The fourth-order valence-corrected chi connectivity index (χ4v) is 5.27. The number of aliphatic hydroxyl groups is 1. The van der Waals surface area contributed by atoms with Gasteiger partial charge in [0.2, 0.25) is 0 Å². The van der Waals surface area contributed by atoms with Crippen LogP contribution in [-0.4, -0.2) is 60.3 Å². The predicted octanol–water partition coefficient (Wildman–Crippen LogP) is 5.34. The maximum atomic E-state index is 11.8. The van der Waals surface area contributed by atoms with E-state index in [4.69, 9.17) is 11.6 Å². The predicted molar refractivity (Wildman–Crippen MR) is 126 cm³/mol. The molecule has 1 N–H and O–H groups in total. The van der Waals surface area contributed by atoms with Crippen molar-refractivity contribution in [1.82, 2.24) is 9.80 Å². The average molecular weight is 427 g/mol. The Morgan fingerprint density at radius 3 is 2.37 bits per heavy atom. The fraction of sp³-hybridized carbons (Fsp3) is 0.538. The van der Waals surface area contributed by atoms with Gasteiger partial charge in [0.1, 0.15) is 0 Å². The third-order valence-corrected chi connectivity index (χ3v) is 7.61. The topological polar surface area (TPSA) is 26.7 Å². The SMILES string of the molecule is Cc1ccc(-c2cccc(C(CN3CCN(C)CC3)C3(O)CCCCC3)c2)cc1Cl. The van der Waals surface area contributed by atoms with Crippen molar-refractivity contribution < 1.29 is 5.11 Å². The Morgan fingerprint density at radius 1 is 0.967 bits per heavy atom. The zero-order chi connectivity index (χ0) is 21.1. The number of halogens is 1. The standard InChI is InChI=1S/C26H35ClN2O/c1-20-9-10-22(18-25(20)27)21-7-6-8-23(17-21)24(26(30)11-4-3-5-12-26)19-29-15-13-28(2)14-16-29/h6-10,17-18,24,30H,3-5,11-16,19H2,1-2H3. The minimum Gasteiger partial charge on any atom is -0.389 e. The number of piperazine rings is 1. The van der Waals surface area contributed by atoms with Crippen LogP contribution in [0.3, 0.4) is 0 Å². The van der Waals surface area contributed by atoms with Gasteiger partial charge >= 0.3 is 0 Å². The van der Waals surface area contributed by atoms with Crippen molar-refractivity contribution in [2.75, 3.05) is 39.8 Å². The number of hydrogen-bond acceptors (Lipinski definition) is 3. The molecule has 1 atom stereocenters. The van der Waals surface area contributed by atoms with Crippen LogP contribution < -0.4 is 0 Å². The molecule has 4 rings (SSSR count). The van der Waals surface area contributed by atoms with Gasteiger partial charge in [0.15, 0.2) is 0 Å². The van der Waals surface area contributed by atoms with E-state index in [1.54, 1.807) is 0 Å². The van der Waals surface area contributed by atoms with Crippen LogP contribution in [0.5, 0.6) is 0 Å². The molecular formula is C26H35ClN2O. The number of benzene rings is 2. The molecule has 1 heterocycles. The van der Waals surface area contributed by atoms with Crippen LogP contribution in [0.4, 0.5) is 0 Å². The highest BCUT2D eigenvalue weighted by Gasteiger charge is 2.39. The highest BCUT2D eigenvalue weighted by Crippen LogP contribution is 2.41. The summed E-state index contributed by atoms with van der Waals surface area (Å²) in [5, 5.41) is 12.6. The van der Waals surface area contributed by atoms with Crippen LogP contribution in [-0.2, 0) is 0 Å². The first kappa shape index (κ1) is 21.8. The van der Waals surface area contributed by atoms with Gasteiger partial charge in [-0.25, -0.2) is 0 Å². The van der Waals surface area contributed by atoms with Crippen molar-refractivity contribution in [3.63, 3.8) is 0 Å². The largest absolute Gasteiger partial charge is 0.389 e. The molecule has 3 nitrogen and oxygen atoms in total. The molecule has 2 fully saturated rings. The van der Waals surface area contributed by atoms with Crippen molar-refractivity contribution in [2.24, 2.45) is 0 Å². The number of rotatable bonds is 5. The molecule has 0 bridgehead atoms. The van der Waals surface area contributed by atoms with E-state index in [0.717, 1.165) is 74.6 Å². The number of nitrogens with zero attached hydrogens (tertiary/aromatic N) is 2. The van der Waals surface area contributed by atoms with Gasteiger partial charge in [0.25, 0.3) is 0 Å². The van der Waals surface area contributed by atoms with Gasteiger partial charge in [-0.3, -0.25) is 0 Å². The first-order valence-electron chi connectivity index (χ1n) is 11.4. The molecule has 0 radical (unpaired) electrons. The summed E-state index contributed by atoms with van der Waals surface area (Å²) in [5.41, 5.74) is 4.07. The van der Waals surface area contributed by atoms with Crippen molar-refractivity contribution in [3.8, 4) is 11.1 Å². The monoisotopic (exact) mass is 426 g/mol. The molecule has 2 aromatic rings. The molecule has 4 heteroatoms. The highest BCUT2D eigenvalue weighted by molar-refractivity contribution is 6.31. The fourth-order valence-electron chi connectivity index (χ4n) is 5.09. The van der Waals surface area contributed by atoms with Gasteiger partial charge in [-0.05, 0) is 55.1 Å². The van der Waals surface area contributed by atoms with E-state index in [0.29, 0.717) is 0 Å². The van der Waals surface area contributed by atoms with Crippen molar-refractivity contribution in [2.45, 2.75) is 50.5 Å². The smallest absolute Gasteiger partial charge is 0.0728 e. The molecule has 1 saturated heterocycles. The highest BCUT2D eigenvalue weighted by atomic mass is 35.5. The lowest BCUT2D eigenvalue weighted by molar-refractivity contribution is -0.0336. The normalized spacial score (nSPS) is 21.5. The molecule has 0 aromatic heterocycles. The Morgan fingerprint density at radius 2 is 1.67 bits per heavy atom. The Hall–Kier alpha value is -1.39. The van der Waals surface area contributed by atoms with E-state index in [9.17, 15) is 5.11 Å². The van der Waals surface area contributed by atoms with E-state index in [-0.39, 0.29) is 5.92 Å². The van der Waals surface area contributed by atoms with Gasteiger partial charge in [-0.1, -0.05) is 67.3 Å². The number of likely N-dealkylation sites (N-methyl/N-ethyl adjacent to an activating group) is 1. The molecule has 0 amide bonds. The first-order chi connectivity index (χ1) is 14.4. The summed E-state index contributed by atoms with van der Waals surface area (Å²) in [5.74, 6) is 0.141. The minimum absolute atomic E-state index is 0.141. The van der Waals surface area contributed by atoms with E-state index < -0.39 is 5.60 Å². The lowest BCUT2D eigenvalue weighted by atomic mass is 9.72. The number of aryl methyl sites for hydroxylation is 1. The zero-order valence-corrected chi connectivity index (χ0v) is 19.2. The van der Waals surface area contributed by atoms with E-state index in [1.807, 2.05) is 6.92 Å². The first-order valence-corrected chi connectivity index (χ1v) is 11.8. The van der Waals surface area contributed by atoms with Crippen molar-refractivity contribution >= 4 is 11.6 Å². The molecule has 30 heavy (non-hydrogen) atoms. The van der Waals surface area contributed by atoms with E-state index in [1.165, 1.54) is 17.5 Å². The Kier molecular flexibility index (Phi) is 6.84. The molecule has 1 aliphatic carbocycles. The van der Waals surface area contributed by atoms with E-state index >= 15 is 0 Å². The molecular weight excluding hydrogens is 392 g/mol. The summed E-state index contributed by atoms with van der Waals surface area (Å²) >= 11 is 6.40. The van der Waals surface area contributed by atoms with Gasteiger partial charge in [-0.15, -0.1) is 0 Å². The second kappa shape index (κ2) is 9.40. The Bertz CT molecular complexity index is 854. The van der Waals surface area contributed by atoms with Crippen molar-refractivity contribution in [3.05, 3.63) is 58.6 Å². The summed E-state index contributed by atoms with van der Waals surface area (Å²) in [4.78, 5) is 4.94. The van der Waals surface area contributed by atoms with Gasteiger partial charge in [-0.2, -0.15) is 0 Å². The van der Waals surface area contributed by atoms with Gasteiger partial charge in [0, 0.05) is 43.7 Å². The lowest BCUT2D eigenvalue weighted by Crippen LogP contribution is -2.50. The maximum absolute atomic E-state index is 11.8. The molecule has 1 aliphatic heterocycles. The van der Waals surface area contributed by atoms with Gasteiger partial charge in [0.05, 0.1) is 5.60 Å². The molecule has 162 valence electrons. The second-order valence-electron chi connectivity index (χ2n) is 9.41. The second-order valence-corrected chi connectivity index (χ2v) is 9.82. The van der Waals surface area contributed by atoms with Crippen LogP contribution in [0.15, 0.2) is 42.5 Å². The number of hydrogen-bond donors (Lipinski definition) is 1. The van der Waals surface area contributed by atoms with Crippen LogP contribution in [0.1, 0.15) is 49.1 Å². The van der Waals surface area contributed by atoms with Crippen LogP contribution in [0.2, 0.25) is 5.02 Å². The van der Waals surface area contributed by atoms with Crippen molar-refractivity contribution in [1.29, 1.82) is 0 Å². The lowest BCUT2D eigenvalue weighted by Gasteiger charge is -2.43. The molecule has 0 spiro atoms. The maximum Gasteiger partial charge on any atom is 0.0728 e. The summed E-state index contributed by atoms with van der Waals surface area (Å²) in [6.07, 6.45) is 5.31. The summed E-state index contributed by atoms with van der Waals surface area (Å²) in [7, 11) is 2.19. The van der Waals surface area contributed by atoms with Gasteiger partial charge < -0.3 is 14.9 Å². The third kappa shape index (κ3) is 4.91. The Balaban J connectivity index is 1.65.